The van der Waals surface area contributed by atoms with Gasteiger partial charge in [-0.2, -0.15) is 5.26 Å². The van der Waals surface area contributed by atoms with Crippen LogP contribution in [0.4, 0.5) is 5.69 Å². The largest absolute Gasteiger partial charge is 0.325 e. The number of rotatable bonds is 3. The molecule has 1 unspecified atom stereocenters. The quantitative estimate of drug-likeness (QED) is 0.933. The van der Waals surface area contributed by atoms with E-state index in [-0.39, 0.29) is 18.5 Å². The second kappa shape index (κ2) is 5.98. The molecule has 1 heterocycles. The monoisotopic (exact) mass is 307 g/mol. The highest BCUT2D eigenvalue weighted by atomic mass is 79.9. The van der Waals surface area contributed by atoms with E-state index in [2.05, 4.69) is 27.3 Å². The highest BCUT2D eigenvalue weighted by Crippen LogP contribution is 2.17. The van der Waals surface area contributed by atoms with Crippen LogP contribution < -0.4 is 5.32 Å². The number of carbonyl (C=O) groups excluding carboxylic acids is 1. The standard InChI is InChI=1S/C13H14BrN3O/c14-10-3-5-11(6-4-10)16-13(18)9-17-7-1-2-12(17)8-15/h3-6,12H,1-2,7,9H2,(H,16,18). The second-order valence-electron chi connectivity index (χ2n) is 4.31. The minimum Gasteiger partial charge on any atom is -0.325 e. The maximum Gasteiger partial charge on any atom is 0.238 e. The number of benzene rings is 1. The molecule has 5 heteroatoms. The number of halogens is 1. The summed E-state index contributed by atoms with van der Waals surface area (Å²) in [4.78, 5) is 13.8. The third kappa shape index (κ3) is 3.31. The molecule has 2 rings (SSSR count). The molecule has 0 spiro atoms. The molecule has 0 aliphatic carbocycles. The maximum absolute atomic E-state index is 11.8. The summed E-state index contributed by atoms with van der Waals surface area (Å²) in [6, 6.07) is 9.56. The molecule has 94 valence electrons. The number of anilines is 1. The Hall–Kier alpha value is -1.38. The van der Waals surface area contributed by atoms with Gasteiger partial charge >= 0.3 is 0 Å². The van der Waals surface area contributed by atoms with Crippen molar-refractivity contribution >= 4 is 27.5 Å². The Morgan fingerprint density at radius 2 is 2.22 bits per heavy atom. The first-order chi connectivity index (χ1) is 8.69. The van der Waals surface area contributed by atoms with Crippen molar-refractivity contribution in [3.63, 3.8) is 0 Å². The van der Waals surface area contributed by atoms with Crippen LogP contribution in [0.2, 0.25) is 0 Å². The number of nitrogens with one attached hydrogen (secondary N) is 1. The van der Waals surface area contributed by atoms with Crippen molar-refractivity contribution in [1.29, 1.82) is 5.26 Å². The Labute approximate surface area is 115 Å². The van der Waals surface area contributed by atoms with Crippen molar-refractivity contribution in [1.82, 2.24) is 4.90 Å². The van der Waals surface area contributed by atoms with Crippen LogP contribution in [-0.2, 0) is 4.79 Å². The Bertz CT molecular complexity index is 466. The zero-order chi connectivity index (χ0) is 13.0. The molecule has 1 aromatic rings. The molecule has 1 atom stereocenters. The minimum absolute atomic E-state index is 0.0699. The fourth-order valence-corrected chi connectivity index (χ4v) is 2.34. The Balaban J connectivity index is 1.89. The molecule has 0 bridgehead atoms. The van der Waals surface area contributed by atoms with Crippen molar-refractivity contribution in [2.24, 2.45) is 0 Å². The van der Waals surface area contributed by atoms with Gasteiger partial charge in [0.2, 0.25) is 5.91 Å². The predicted molar refractivity (Wildman–Crippen MR) is 73.0 cm³/mol. The van der Waals surface area contributed by atoms with Crippen molar-refractivity contribution in [2.45, 2.75) is 18.9 Å². The van der Waals surface area contributed by atoms with Crippen LogP contribution in [0.25, 0.3) is 0 Å². The molecule has 1 amide bonds. The van der Waals surface area contributed by atoms with Crippen LogP contribution in [-0.4, -0.2) is 29.9 Å². The fraction of sp³-hybridized carbons (Fsp3) is 0.385. The maximum atomic E-state index is 11.8. The molecule has 18 heavy (non-hydrogen) atoms. The zero-order valence-electron chi connectivity index (χ0n) is 9.90. The second-order valence-corrected chi connectivity index (χ2v) is 5.23. The topological polar surface area (TPSA) is 56.1 Å². The van der Waals surface area contributed by atoms with Gasteiger partial charge in [0.1, 0.15) is 0 Å². The van der Waals surface area contributed by atoms with Crippen LogP contribution in [0.15, 0.2) is 28.7 Å². The molecule has 1 saturated heterocycles. The van der Waals surface area contributed by atoms with Gasteiger partial charge in [0.05, 0.1) is 18.7 Å². The molecular weight excluding hydrogens is 294 g/mol. The average Bonchev–Trinajstić information content (AvgIpc) is 2.79. The van der Waals surface area contributed by atoms with Gasteiger partial charge < -0.3 is 5.32 Å². The van der Waals surface area contributed by atoms with E-state index >= 15 is 0 Å². The summed E-state index contributed by atoms with van der Waals surface area (Å²) in [5.41, 5.74) is 0.774. The lowest BCUT2D eigenvalue weighted by Gasteiger charge is -2.18. The molecule has 1 aliphatic heterocycles. The lowest BCUT2D eigenvalue weighted by Crippen LogP contribution is -2.36. The van der Waals surface area contributed by atoms with Gasteiger partial charge in [-0.3, -0.25) is 9.69 Å². The fourth-order valence-electron chi connectivity index (χ4n) is 2.08. The SMILES string of the molecule is N#CC1CCCN1CC(=O)Nc1ccc(Br)cc1. The smallest absolute Gasteiger partial charge is 0.238 e. The third-order valence-electron chi connectivity index (χ3n) is 2.99. The number of hydrogen-bond acceptors (Lipinski definition) is 3. The molecule has 1 aromatic carbocycles. The van der Waals surface area contributed by atoms with Gasteiger partial charge in [0.25, 0.3) is 0 Å². The van der Waals surface area contributed by atoms with E-state index < -0.39 is 0 Å². The van der Waals surface area contributed by atoms with E-state index in [0.717, 1.165) is 29.5 Å². The van der Waals surface area contributed by atoms with Crippen LogP contribution in [0.1, 0.15) is 12.8 Å². The summed E-state index contributed by atoms with van der Waals surface area (Å²) >= 11 is 3.34. The molecular formula is C13H14BrN3O. The predicted octanol–water partition coefficient (Wildman–Crippen LogP) is 2.38. The van der Waals surface area contributed by atoms with E-state index in [1.807, 2.05) is 29.2 Å². The normalized spacial score (nSPS) is 19.4. The van der Waals surface area contributed by atoms with Crippen LogP contribution >= 0.6 is 15.9 Å². The van der Waals surface area contributed by atoms with Crippen molar-refractivity contribution in [2.75, 3.05) is 18.4 Å². The Morgan fingerprint density at radius 1 is 1.50 bits per heavy atom. The average molecular weight is 308 g/mol. The summed E-state index contributed by atoms with van der Waals surface area (Å²) in [5.74, 6) is -0.0699. The minimum atomic E-state index is -0.110. The van der Waals surface area contributed by atoms with Crippen LogP contribution in [0, 0.1) is 11.3 Å². The van der Waals surface area contributed by atoms with E-state index in [9.17, 15) is 4.79 Å². The number of hydrogen-bond donors (Lipinski definition) is 1. The van der Waals surface area contributed by atoms with Gasteiger partial charge in [0, 0.05) is 16.7 Å². The van der Waals surface area contributed by atoms with E-state index in [1.165, 1.54) is 0 Å². The summed E-state index contributed by atoms with van der Waals surface area (Å²) < 4.78 is 0.976. The first kappa shape index (κ1) is 13.1. The lowest BCUT2D eigenvalue weighted by molar-refractivity contribution is -0.117. The zero-order valence-corrected chi connectivity index (χ0v) is 11.5. The molecule has 1 fully saturated rings. The third-order valence-corrected chi connectivity index (χ3v) is 3.52. The molecule has 4 nitrogen and oxygen atoms in total. The summed E-state index contributed by atoms with van der Waals surface area (Å²) in [5, 5.41) is 11.8. The Morgan fingerprint density at radius 3 is 2.89 bits per heavy atom. The number of likely N-dealkylation sites (tertiary alicyclic amines) is 1. The molecule has 0 saturated carbocycles. The van der Waals surface area contributed by atoms with Gasteiger partial charge in [-0.25, -0.2) is 0 Å². The van der Waals surface area contributed by atoms with Crippen molar-refractivity contribution in [3.8, 4) is 6.07 Å². The van der Waals surface area contributed by atoms with Gasteiger partial charge in [-0.15, -0.1) is 0 Å². The van der Waals surface area contributed by atoms with E-state index in [4.69, 9.17) is 5.26 Å². The van der Waals surface area contributed by atoms with Crippen LogP contribution in [0.5, 0.6) is 0 Å². The van der Waals surface area contributed by atoms with Crippen LogP contribution in [0.3, 0.4) is 0 Å². The molecule has 0 radical (unpaired) electrons. The van der Waals surface area contributed by atoms with Gasteiger partial charge in [0.15, 0.2) is 0 Å². The molecule has 0 aromatic heterocycles. The first-order valence-electron chi connectivity index (χ1n) is 5.88. The number of nitrogens with zero attached hydrogens (tertiary/aromatic N) is 2. The number of nitriles is 1. The van der Waals surface area contributed by atoms with E-state index in [1.54, 1.807) is 0 Å². The number of amides is 1. The summed E-state index contributed by atoms with van der Waals surface area (Å²) in [6.45, 7) is 1.11. The Kier molecular flexibility index (Phi) is 4.34. The van der Waals surface area contributed by atoms with Crippen molar-refractivity contribution in [3.05, 3.63) is 28.7 Å². The molecule has 1 N–H and O–H groups in total. The number of carbonyl (C=O) groups is 1. The molecule has 1 aliphatic rings. The van der Waals surface area contributed by atoms with Gasteiger partial charge in [-0.05, 0) is 37.1 Å². The van der Waals surface area contributed by atoms with Gasteiger partial charge in [-0.1, -0.05) is 15.9 Å². The van der Waals surface area contributed by atoms with Crippen molar-refractivity contribution < 1.29 is 4.79 Å². The summed E-state index contributed by atoms with van der Waals surface area (Å²) in [7, 11) is 0. The first-order valence-corrected chi connectivity index (χ1v) is 6.67. The highest BCUT2D eigenvalue weighted by Gasteiger charge is 2.25. The summed E-state index contributed by atoms with van der Waals surface area (Å²) in [6.07, 6.45) is 1.85. The highest BCUT2D eigenvalue weighted by molar-refractivity contribution is 9.10. The lowest BCUT2D eigenvalue weighted by atomic mass is 10.2. The van der Waals surface area contributed by atoms with E-state index in [0.29, 0.717) is 0 Å².